The summed E-state index contributed by atoms with van der Waals surface area (Å²) in [6, 6.07) is 7.90. The number of rotatable bonds is 4. The molecule has 1 aromatic carbocycles. The van der Waals surface area contributed by atoms with Gasteiger partial charge in [0.15, 0.2) is 0 Å². The second kappa shape index (κ2) is 8.98. The normalized spacial score (nSPS) is 14.2. The summed E-state index contributed by atoms with van der Waals surface area (Å²) in [6.07, 6.45) is 4.29. The molecule has 0 spiro atoms. The molecule has 2 N–H and O–H groups in total. The lowest BCUT2D eigenvalue weighted by atomic mass is 10.0. The van der Waals surface area contributed by atoms with E-state index in [2.05, 4.69) is 27.4 Å². The third-order valence-corrected chi connectivity index (χ3v) is 5.94. The summed E-state index contributed by atoms with van der Waals surface area (Å²) in [7, 11) is 1.61. The fraction of sp³-hybridized carbons (Fsp3) is 0.360. The number of pyridine rings is 1. The molecular weight excluding hydrogens is 440 g/mol. The van der Waals surface area contributed by atoms with Gasteiger partial charge in [0, 0.05) is 42.1 Å². The van der Waals surface area contributed by atoms with Crippen molar-refractivity contribution in [1.82, 2.24) is 14.9 Å². The zero-order chi connectivity index (χ0) is 23.8. The van der Waals surface area contributed by atoms with Crippen LogP contribution in [0.4, 0.5) is 16.2 Å². The highest BCUT2D eigenvalue weighted by atomic mass is 35.5. The van der Waals surface area contributed by atoms with E-state index in [9.17, 15) is 4.79 Å². The lowest BCUT2D eigenvalue weighted by Crippen LogP contribution is -2.39. The van der Waals surface area contributed by atoms with E-state index in [1.807, 2.05) is 45.9 Å². The third-order valence-electron chi connectivity index (χ3n) is 5.46. The average molecular weight is 469 g/mol. The number of H-pyrrole nitrogens is 1. The Kier molecular flexibility index (Phi) is 6.26. The van der Waals surface area contributed by atoms with E-state index in [1.54, 1.807) is 18.2 Å². The monoisotopic (exact) mass is 468 g/mol. The number of ether oxygens (including phenoxy) is 2. The summed E-state index contributed by atoms with van der Waals surface area (Å²) in [5.74, 6) is 0.626. The Balaban J connectivity index is 1.56. The molecule has 0 unspecified atom stereocenters. The fourth-order valence-corrected chi connectivity index (χ4v) is 4.01. The molecule has 3 aromatic rings. The van der Waals surface area contributed by atoms with Crippen LogP contribution >= 0.6 is 11.6 Å². The zero-order valence-corrected chi connectivity index (χ0v) is 20.3. The second-order valence-corrected chi connectivity index (χ2v) is 9.52. The van der Waals surface area contributed by atoms with Gasteiger partial charge >= 0.3 is 6.09 Å². The van der Waals surface area contributed by atoms with Gasteiger partial charge in [-0.3, -0.25) is 0 Å². The van der Waals surface area contributed by atoms with Crippen LogP contribution in [0.2, 0.25) is 5.02 Å². The molecule has 0 aliphatic carbocycles. The van der Waals surface area contributed by atoms with Crippen LogP contribution in [0.25, 0.3) is 16.6 Å². The topological polar surface area (TPSA) is 79.5 Å². The molecule has 2 aromatic heterocycles. The number of aromatic nitrogens is 2. The molecule has 4 rings (SSSR count). The first-order valence-electron chi connectivity index (χ1n) is 10.9. The number of benzene rings is 1. The average Bonchev–Trinajstić information content (AvgIpc) is 3.20. The predicted molar refractivity (Wildman–Crippen MR) is 133 cm³/mol. The largest absolute Gasteiger partial charge is 0.495 e. The minimum absolute atomic E-state index is 0.281. The number of methoxy groups -OCH3 is 1. The summed E-state index contributed by atoms with van der Waals surface area (Å²) in [4.78, 5) is 22.0. The molecule has 8 heteroatoms. The predicted octanol–water partition coefficient (Wildman–Crippen LogP) is 6.30. The highest BCUT2D eigenvalue weighted by Crippen LogP contribution is 2.35. The van der Waals surface area contributed by atoms with Crippen molar-refractivity contribution in [1.29, 1.82) is 0 Å². The first kappa shape index (κ1) is 23.0. The number of carbonyl (C=O) groups is 1. The van der Waals surface area contributed by atoms with Crippen molar-refractivity contribution < 1.29 is 14.3 Å². The van der Waals surface area contributed by atoms with Crippen molar-refractivity contribution in [3.63, 3.8) is 0 Å². The molecule has 1 aliphatic rings. The van der Waals surface area contributed by atoms with Crippen molar-refractivity contribution in [2.45, 2.75) is 39.7 Å². The van der Waals surface area contributed by atoms with Gasteiger partial charge < -0.3 is 24.7 Å². The van der Waals surface area contributed by atoms with E-state index in [-0.39, 0.29) is 6.09 Å². The van der Waals surface area contributed by atoms with Gasteiger partial charge in [-0.05, 0) is 63.5 Å². The van der Waals surface area contributed by atoms with E-state index in [0.29, 0.717) is 23.9 Å². The molecule has 0 fully saturated rings. The van der Waals surface area contributed by atoms with Crippen LogP contribution in [-0.4, -0.2) is 46.8 Å². The van der Waals surface area contributed by atoms with Crippen LogP contribution in [0.15, 0.2) is 36.5 Å². The number of anilines is 2. The number of nitrogens with one attached hydrogen (secondary N) is 2. The number of fused-ring (bicyclic) bond motifs is 1. The molecule has 33 heavy (non-hydrogen) atoms. The van der Waals surface area contributed by atoms with Crippen molar-refractivity contribution in [3.8, 4) is 5.75 Å². The minimum Gasteiger partial charge on any atom is -0.495 e. The fourth-order valence-electron chi connectivity index (χ4n) is 3.83. The quantitative estimate of drug-likeness (QED) is 0.469. The standard InChI is InChI=1S/C25H29ClN4O3/c1-15-12-17(13-21(32-5)22(15)26)28-19-6-9-27-23-18(19)14-20(29-23)16-7-10-30(11-8-16)24(31)33-25(2,3)4/h6-7,9,12-14H,8,10-11H2,1-5H3,(H2,27,28,29). The number of hydrogen-bond donors (Lipinski definition) is 2. The molecule has 3 heterocycles. The Morgan fingerprint density at radius 1 is 1.27 bits per heavy atom. The van der Waals surface area contributed by atoms with E-state index in [0.717, 1.165) is 45.7 Å². The number of carbonyl (C=O) groups excluding carboxylic acids is 1. The summed E-state index contributed by atoms with van der Waals surface area (Å²) >= 11 is 6.31. The number of nitrogens with zero attached hydrogens (tertiary/aromatic N) is 2. The van der Waals surface area contributed by atoms with Gasteiger partial charge in [0.25, 0.3) is 0 Å². The molecule has 0 bridgehead atoms. The lowest BCUT2D eigenvalue weighted by Gasteiger charge is -2.29. The Hall–Kier alpha value is -3.19. The van der Waals surface area contributed by atoms with Crippen LogP contribution < -0.4 is 10.1 Å². The number of aryl methyl sites for hydroxylation is 1. The maximum Gasteiger partial charge on any atom is 0.410 e. The van der Waals surface area contributed by atoms with Crippen molar-refractivity contribution >= 4 is 45.7 Å². The minimum atomic E-state index is -0.500. The van der Waals surface area contributed by atoms with Crippen LogP contribution in [0.3, 0.4) is 0 Å². The third kappa shape index (κ3) is 5.09. The second-order valence-electron chi connectivity index (χ2n) is 9.14. The van der Waals surface area contributed by atoms with E-state index in [4.69, 9.17) is 21.1 Å². The Morgan fingerprint density at radius 2 is 2.06 bits per heavy atom. The number of amides is 1. The number of aromatic amines is 1. The summed E-state index contributed by atoms with van der Waals surface area (Å²) in [5, 5.41) is 5.05. The Labute approximate surface area is 198 Å². The SMILES string of the molecule is COc1cc(Nc2ccnc3[nH]c(C4=CCN(C(=O)OC(C)(C)C)CC4)cc23)cc(C)c1Cl. The molecular formula is C25H29ClN4O3. The van der Waals surface area contributed by atoms with E-state index < -0.39 is 5.60 Å². The number of hydrogen-bond acceptors (Lipinski definition) is 5. The highest BCUT2D eigenvalue weighted by Gasteiger charge is 2.24. The van der Waals surface area contributed by atoms with Gasteiger partial charge in [0.05, 0.1) is 17.8 Å². The van der Waals surface area contributed by atoms with E-state index in [1.165, 1.54) is 0 Å². The van der Waals surface area contributed by atoms with Gasteiger partial charge in [0.1, 0.15) is 17.0 Å². The molecule has 1 aliphatic heterocycles. The number of halogens is 1. The summed E-state index contributed by atoms with van der Waals surface area (Å²) in [6.45, 7) is 8.70. The van der Waals surface area contributed by atoms with Crippen LogP contribution in [0.1, 0.15) is 38.4 Å². The summed E-state index contributed by atoms with van der Waals surface area (Å²) in [5.41, 5.74) is 5.19. The maximum atomic E-state index is 12.3. The van der Waals surface area contributed by atoms with Gasteiger partial charge in [-0.25, -0.2) is 9.78 Å². The molecule has 0 saturated heterocycles. The first-order valence-corrected chi connectivity index (χ1v) is 11.3. The smallest absolute Gasteiger partial charge is 0.410 e. The zero-order valence-electron chi connectivity index (χ0n) is 19.6. The molecule has 174 valence electrons. The van der Waals surface area contributed by atoms with Crippen molar-refractivity contribution in [2.24, 2.45) is 0 Å². The van der Waals surface area contributed by atoms with Crippen LogP contribution in [0.5, 0.6) is 5.75 Å². The van der Waals surface area contributed by atoms with Crippen LogP contribution in [0, 0.1) is 6.92 Å². The van der Waals surface area contributed by atoms with Gasteiger partial charge in [0.2, 0.25) is 0 Å². The van der Waals surface area contributed by atoms with Crippen LogP contribution in [-0.2, 0) is 4.74 Å². The lowest BCUT2D eigenvalue weighted by molar-refractivity contribution is 0.0270. The van der Waals surface area contributed by atoms with E-state index >= 15 is 0 Å². The molecule has 1 amide bonds. The Morgan fingerprint density at radius 3 is 2.73 bits per heavy atom. The molecule has 7 nitrogen and oxygen atoms in total. The first-order chi connectivity index (χ1) is 15.6. The highest BCUT2D eigenvalue weighted by molar-refractivity contribution is 6.33. The Bertz CT molecular complexity index is 1230. The van der Waals surface area contributed by atoms with Gasteiger partial charge in [-0.15, -0.1) is 0 Å². The van der Waals surface area contributed by atoms with Crippen molar-refractivity contribution in [2.75, 3.05) is 25.5 Å². The van der Waals surface area contributed by atoms with Gasteiger partial charge in [-0.2, -0.15) is 0 Å². The van der Waals surface area contributed by atoms with Gasteiger partial charge in [-0.1, -0.05) is 17.7 Å². The molecule has 0 radical (unpaired) electrons. The summed E-state index contributed by atoms with van der Waals surface area (Å²) < 4.78 is 10.9. The molecule has 0 saturated carbocycles. The maximum absolute atomic E-state index is 12.3. The molecule has 0 atom stereocenters. The van der Waals surface area contributed by atoms with Crippen molar-refractivity contribution in [3.05, 3.63) is 52.8 Å².